The van der Waals surface area contributed by atoms with E-state index in [0.717, 1.165) is 12.8 Å². The van der Waals surface area contributed by atoms with Crippen LogP contribution in [0.4, 0.5) is 0 Å². The Labute approximate surface area is 344 Å². The van der Waals surface area contributed by atoms with E-state index < -0.39 is 68.0 Å². The zero-order valence-corrected chi connectivity index (χ0v) is 35.2. The number of fused-ring (bicyclic) bond motifs is 3. The number of sulfonamides is 1. The highest BCUT2D eigenvalue weighted by molar-refractivity contribution is 7.91. The summed E-state index contributed by atoms with van der Waals surface area (Å²) in [7, 11) is 0.508. The minimum absolute atomic E-state index is 0.0146. The smallest absolute Gasteiger partial charge is 0.267 e. The van der Waals surface area contributed by atoms with E-state index in [9.17, 15) is 27.6 Å². The van der Waals surface area contributed by atoms with E-state index in [1.54, 1.807) is 25.1 Å². The molecule has 0 radical (unpaired) electrons. The van der Waals surface area contributed by atoms with Crippen molar-refractivity contribution in [3.05, 3.63) is 42.1 Å². The molecule has 5 atom stereocenters. The minimum atomic E-state index is -4.03. The van der Waals surface area contributed by atoms with Gasteiger partial charge in [-0.2, -0.15) is 0 Å². The third-order valence-electron chi connectivity index (χ3n) is 11.4. The number of hydrogen-bond donors (Lipinski definition) is 4. The van der Waals surface area contributed by atoms with E-state index in [-0.39, 0.29) is 43.5 Å². The molecule has 3 fully saturated rings. The molecule has 3 heterocycles. The number of nitrogens with one attached hydrogen (secondary N) is 3. The fraction of sp³-hybridized carbons (Fsp3) is 0.561. The quantitative estimate of drug-likeness (QED) is 0.137. The summed E-state index contributed by atoms with van der Waals surface area (Å²) in [4.78, 5) is 66.3. The molecule has 6 rings (SSSR count). The van der Waals surface area contributed by atoms with Crippen LogP contribution in [0, 0.1) is 5.92 Å². The molecule has 2 aromatic rings. The number of carbonyl (C=O) groups is 4. The summed E-state index contributed by atoms with van der Waals surface area (Å²) in [5.41, 5.74) is 4.71. The average Bonchev–Trinajstić information content (AvgIpc) is 4.07. The Morgan fingerprint density at radius 3 is 2.56 bits per heavy atom. The molecule has 1 saturated heterocycles. The normalized spacial score (nSPS) is 26.5. The van der Waals surface area contributed by atoms with E-state index in [0.29, 0.717) is 53.8 Å². The van der Waals surface area contributed by atoms with Gasteiger partial charge in [-0.05, 0) is 77.5 Å². The van der Waals surface area contributed by atoms with Crippen molar-refractivity contribution in [3.63, 3.8) is 0 Å². The standard InChI is InChI=1S/C41H55N7O10S/c1-24(2)57-33-21-32(27-14-15-31(55-5)35(56-6)34(27)45-33)58-26-20-30-37(50)46-41(39(52)47-59(53,54)40(3)17-18-40)22-25(41)12-10-8-7-9-11-13-29(38(51)48(30)23-26)44-36(49)28(42)16-19-43-4/h10,12,14-16,19,21,24-26,29-30H,7-9,11,13,17-18,20,22-23,42H2,1-6H3,(H,44,49)(H,46,50)(H,47,52)/b12-10-,28-16?,43-19?/t25?,26-,29+,30+,41-/m1/s1. The zero-order valence-electron chi connectivity index (χ0n) is 34.4. The Morgan fingerprint density at radius 2 is 1.88 bits per heavy atom. The monoisotopic (exact) mass is 837 g/mol. The summed E-state index contributed by atoms with van der Waals surface area (Å²) in [6, 6.07) is 2.85. The van der Waals surface area contributed by atoms with Gasteiger partial charge in [-0.1, -0.05) is 25.0 Å². The summed E-state index contributed by atoms with van der Waals surface area (Å²) in [5, 5.41) is 6.21. The SMILES string of the molecule is CN=CC=C(N)C(=O)N[C@H]1CCCCC/C=C\C2C[C@@]2(C(=O)NS(=O)(=O)C2(C)CC2)NC(=O)[C@@H]2C[C@@H](Oc3cc(OC(C)C)nc4c(OC)c(OC)ccc34)CN2C1=O. The van der Waals surface area contributed by atoms with Gasteiger partial charge in [0.25, 0.3) is 11.8 Å². The van der Waals surface area contributed by atoms with Gasteiger partial charge in [-0.3, -0.25) is 28.9 Å². The predicted octanol–water partition coefficient (Wildman–Crippen LogP) is 2.81. The Morgan fingerprint density at radius 1 is 1.12 bits per heavy atom. The maximum absolute atomic E-state index is 14.7. The van der Waals surface area contributed by atoms with Crippen LogP contribution in [-0.2, 0) is 29.2 Å². The number of aromatic nitrogens is 1. The molecule has 1 aromatic heterocycles. The second-order valence-electron chi connectivity index (χ2n) is 16.1. The average molecular weight is 838 g/mol. The van der Waals surface area contributed by atoms with Crippen LogP contribution in [0.1, 0.15) is 78.6 Å². The number of hydrogen-bond acceptors (Lipinski definition) is 13. The molecule has 59 heavy (non-hydrogen) atoms. The van der Waals surface area contributed by atoms with E-state index in [1.165, 1.54) is 38.5 Å². The van der Waals surface area contributed by atoms with Crippen LogP contribution in [-0.4, -0.2) is 111 Å². The summed E-state index contributed by atoms with van der Waals surface area (Å²) in [5.74, 6) is -1.81. The third kappa shape index (κ3) is 9.26. The number of pyridine rings is 1. The van der Waals surface area contributed by atoms with E-state index in [2.05, 4.69) is 25.3 Å². The molecule has 17 nitrogen and oxygen atoms in total. The molecule has 1 aromatic carbocycles. The van der Waals surface area contributed by atoms with Crippen molar-refractivity contribution >= 4 is 50.8 Å². The lowest BCUT2D eigenvalue weighted by Crippen LogP contribution is -2.58. The summed E-state index contributed by atoms with van der Waals surface area (Å²) >= 11 is 0. The Balaban J connectivity index is 1.37. The van der Waals surface area contributed by atoms with Gasteiger partial charge in [0.05, 0.1) is 37.3 Å². The van der Waals surface area contributed by atoms with Crippen LogP contribution in [0.5, 0.6) is 23.1 Å². The fourth-order valence-corrected chi connectivity index (χ4v) is 8.86. The molecule has 0 spiro atoms. The van der Waals surface area contributed by atoms with Gasteiger partial charge in [-0.25, -0.2) is 13.4 Å². The third-order valence-corrected chi connectivity index (χ3v) is 13.5. The first-order valence-corrected chi connectivity index (χ1v) is 21.5. The zero-order chi connectivity index (χ0) is 42.7. The lowest BCUT2D eigenvalue weighted by molar-refractivity contribution is -0.142. The lowest BCUT2D eigenvalue weighted by Gasteiger charge is -2.30. The van der Waals surface area contributed by atoms with Gasteiger partial charge < -0.3 is 40.2 Å². The van der Waals surface area contributed by atoms with Gasteiger partial charge in [0, 0.05) is 37.1 Å². The van der Waals surface area contributed by atoms with Crippen molar-refractivity contribution in [2.75, 3.05) is 27.8 Å². The first-order valence-electron chi connectivity index (χ1n) is 20.0. The molecular formula is C41H55N7O10S. The van der Waals surface area contributed by atoms with Crippen LogP contribution >= 0.6 is 0 Å². The maximum Gasteiger partial charge on any atom is 0.267 e. The fourth-order valence-electron chi connectivity index (χ4n) is 7.55. The molecular weight excluding hydrogens is 783 g/mol. The maximum atomic E-state index is 14.7. The molecule has 320 valence electrons. The van der Waals surface area contributed by atoms with Crippen molar-refractivity contribution in [1.29, 1.82) is 0 Å². The van der Waals surface area contributed by atoms with Crippen molar-refractivity contribution < 1.29 is 46.5 Å². The second-order valence-corrected chi connectivity index (χ2v) is 18.3. The summed E-state index contributed by atoms with van der Waals surface area (Å²) in [6.07, 6.45) is 9.43. The van der Waals surface area contributed by atoms with Gasteiger partial charge in [-0.15, -0.1) is 0 Å². The van der Waals surface area contributed by atoms with Crippen LogP contribution < -0.4 is 40.0 Å². The van der Waals surface area contributed by atoms with E-state index >= 15 is 0 Å². The van der Waals surface area contributed by atoms with Crippen molar-refractivity contribution in [2.24, 2.45) is 16.6 Å². The molecule has 18 heteroatoms. The van der Waals surface area contributed by atoms with Crippen LogP contribution in [0.2, 0.25) is 0 Å². The number of nitrogens with two attached hydrogens (primary N) is 1. The Hall–Kier alpha value is -5.39. The number of amides is 4. The number of nitrogens with zero attached hydrogens (tertiary/aromatic N) is 3. The molecule has 2 saturated carbocycles. The van der Waals surface area contributed by atoms with Gasteiger partial charge in [0.2, 0.25) is 27.7 Å². The van der Waals surface area contributed by atoms with Crippen molar-refractivity contribution in [2.45, 2.75) is 113 Å². The second kappa shape index (κ2) is 17.5. The molecule has 4 amide bonds. The number of allylic oxidation sites excluding steroid dienone is 2. The summed E-state index contributed by atoms with van der Waals surface area (Å²) in [6.45, 7) is 5.21. The topological polar surface area (TPSA) is 230 Å². The van der Waals surface area contributed by atoms with Gasteiger partial charge >= 0.3 is 0 Å². The molecule has 2 aliphatic carbocycles. The number of benzene rings is 1. The highest BCUT2D eigenvalue weighted by Crippen LogP contribution is 2.48. The predicted molar refractivity (Wildman–Crippen MR) is 220 cm³/mol. The molecule has 5 N–H and O–H groups in total. The highest BCUT2D eigenvalue weighted by Gasteiger charge is 2.63. The lowest BCUT2D eigenvalue weighted by atomic mass is 10.0. The van der Waals surface area contributed by atoms with E-state index in [1.807, 2.05) is 26.0 Å². The van der Waals surface area contributed by atoms with Gasteiger partial charge in [0.15, 0.2) is 11.5 Å². The van der Waals surface area contributed by atoms with Crippen LogP contribution in [0.25, 0.3) is 10.9 Å². The molecule has 4 aliphatic rings. The molecule has 0 bridgehead atoms. The Kier molecular flexibility index (Phi) is 12.8. The van der Waals surface area contributed by atoms with Gasteiger partial charge in [0.1, 0.15) is 35.0 Å². The van der Waals surface area contributed by atoms with E-state index in [4.69, 9.17) is 24.7 Å². The Bertz CT molecular complexity index is 2170. The molecule has 2 aliphatic heterocycles. The summed E-state index contributed by atoms with van der Waals surface area (Å²) < 4.78 is 51.5. The number of carbonyl (C=O) groups excluding carboxylic acids is 4. The number of aliphatic imine (C=N–C) groups is 1. The van der Waals surface area contributed by atoms with Crippen LogP contribution in [0.15, 0.2) is 47.1 Å². The van der Waals surface area contributed by atoms with Crippen molar-refractivity contribution in [3.8, 4) is 23.1 Å². The number of methoxy groups -OCH3 is 2. The molecule has 1 unspecified atom stereocenters. The number of rotatable bonds is 12. The first kappa shape index (κ1) is 43.2. The minimum Gasteiger partial charge on any atom is -0.493 e. The largest absolute Gasteiger partial charge is 0.493 e. The highest BCUT2D eigenvalue weighted by atomic mass is 32.2. The first-order chi connectivity index (χ1) is 28.1. The van der Waals surface area contributed by atoms with Crippen LogP contribution in [0.3, 0.4) is 0 Å². The van der Waals surface area contributed by atoms with Crippen molar-refractivity contribution in [1.82, 2.24) is 25.2 Å². The number of ether oxygens (including phenoxy) is 4.